The summed E-state index contributed by atoms with van der Waals surface area (Å²) in [6.45, 7) is 17.1. The zero-order valence-electron chi connectivity index (χ0n) is 21.3. The molecule has 0 heterocycles. The van der Waals surface area contributed by atoms with Crippen molar-refractivity contribution in [1.29, 1.82) is 0 Å². The Labute approximate surface area is 232 Å². The van der Waals surface area contributed by atoms with Gasteiger partial charge in [-0.3, -0.25) is 0 Å². The van der Waals surface area contributed by atoms with Crippen molar-refractivity contribution >= 4 is 22.6 Å². The van der Waals surface area contributed by atoms with Crippen LogP contribution in [0.1, 0.15) is 67.8 Å². The van der Waals surface area contributed by atoms with Crippen LogP contribution >= 0.6 is 11.6 Å². The molecule has 4 rings (SSSR count). The number of halogens is 3. The summed E-state index contributed by atoms with van der Waals surface area (Å²) in [6, 6.07) is 17.7. The Hall–Kier alpha value is -0.370. The molecule has 2 unspecified atom stereocenters. The Balaban J connectivity index is 0.00000204. The van der Waals surface area contributed by atoms with Gasteiger partial charge in [-0.2, -0.15) is 0 Å². The average Bonchev–Trinajstić information content (AvgIpc) is 3.19. The van der Waals surface area contributed by atoms with E-state index >= 15 is 0 Å². The average molecular weight is 609 g/mol. The summed E-state index contributed by atoms with van der Waals surface area (Å²) in [5.74, 6) is 0.610. The molecule has 2 atom stereocenters. The Morgan fingerprint density at radius 1 is 0.912 bits per heavy atom. The third-order valence-electron chi connectivity index (χ3n) is 7.62. The molecule has 0 saturated heterocycles. The van der Waals surface area contributed by atoms with Crippen molar-refractivity contribution in [2.24, 2.45) is 5.92 Å². The fourth-order valence-electron chi connectivity index (χ4n) is 5.86. The third kappa shape index (κ3) is 5.05. The van der Waals surface area contributed by atoms with E-state index in [1.807, 2.05) is 3.28 Å². The molecule has 0 fully saturated rings. The molecule has 2 aromatic rings. The van der Waals surface area contributed by atoms with Crippen LogP contribution in [0.2, 0.25) is 18.1 Å². The number of hydrogen-bond donors (Lipinski definition) is 0. The molecule has 180 valence electrons. The first-order valence-corrected chi connectivity index (χ1v) is 21.1. The van der Waals surface area contributed by atoms with Gasteiger partial charge < -0.3 is 24.8 Å². The monoisotopic (exact) mass is 606 g/mol. The van der Waals surface area contributed by atoms with E-state index in [0.717, 1.165) is 5.02 Å². The third-order valence-corrected chi connectivity index (χ3v) is 26.7. The standard InChI is InChI=1S/C18H16Cl.C9H13.C2H6Si.2ClH.Zr/c1-2-7-14-12-16-15(10-6-11-17(16)19)18(14)13-8-4-3-5-9-13;1-6-5-7(2)9(4)8(6)3;1-3-2;;;/h3-6,8-12H,2,7H2,1H3;6H,1-4H3;1-2H3;2*1H;/q;;;;;+2/p-2. The van der Waals surface area contributed by atoms with Gasteiger partial charge >= 0.3 is 209 Å². The molecule has 0 spiro atoms. The fourth-order valence-corrected chi connectivity index (χ4v) is 26.9. The van der Waals surface area contributed by atoms with Crippen LogP contribution in [0.15, 0.2) is 74.1 Å². The van der Waals surface area contributed by atoms with Crippen LogP contribution in [-0.2, 0) is 20.4 Å². The SMILES string of the molecule is CCCC1=C(c2ccccc2)c2cccc(Cl)c2[CH]1[Zr+2]([C]1=C(C)C(C)=C(C)C1C)=[Si](C)C.[Cl-].[Cl-]. The first-order chi connectivity index (χ1) is 15.3. The Kier molecular flexibility index (Phi) is 10.8. The van der Waals surface area contributed by atoms with E-state index in [-0.39, 0.29) is 24.8 Å². The van der Waals surface area contributed by atoms with E-state index < -0.39 is 25.8 Å². The van der Waals surface area contributed by atoms with Gasteiger partial charge in [0, 0.05) is 0 Å². The van der Waals surface area contributed by atoms with Crippen molar-refractivity contribution in [3.8, 4) is 0 Å². The minimum Gasteiger partial charge on any atom is -1.00 e. The molecular formula is C29H35Cl3SiZr. The second-order valence-corrected chi connectivity index (χ2v) is 27.4. The van der Waals surface area contributed by atoms with Crippen LogP contribution in [0.3, 0.4) is 0 Å². The van der Waals surface area contributed by atoms with Gasteiger partial charge in [0.25, 0.3) is 0 Å². The van der Waals surface area contributed by atoms with Gasteiger partial charge in [-0.15, -0.1) is 0 Å². The minimum absolute atomic E-state index is 0. The predicted molar refractivity (Wildman–Crippen MR) is 139 cm³/mol. The number of benzene rings is 2. The predicted octanol–water partition coefficient (Wildman–Crippen LogP) is 3.13. The maximum Gasteiger partial charge on any atom is -1.00 e. The molecule has 5 heteroatoms. The van der Waals surface area contributed by atoms with Gasteiger partial charge in [0.15, 0.2) is 0 Å². The molecule has 0 N–H and O–H groups in total. The summed E-state index contributed by atoms with van der Waals surface area (Å²) >= 11 is 4.96. The van der Waals surface area contributed by atoms with Crippen LogP contribution < -0.4 is 24.8 Å². The van der Waals surface area contributed by atoms with Crippen molar-refractivity contribution < 1.29 is 45.2 Å². The summed E-state index contributed by atoms with van der Waals surface area (Å²) in [5, 5.41) is 0.985. The topological polar surface area (TPSA) is 0 Å². The first kappa shape index (κ1) is 29.9. The van der Waals surface area contributed by atoms with Crippen LogP contribution in [0, 0.1) is 5.92 Å². The number of hydrogen-bond acceptors (Lipinski definition) is 0. The van der Waals surface area contributed by atoms with Gasteiger partial charge in [0.2, 0.25) is 0 Å². The molecule has 2 aliphatic carbocycles. The molecule has 0 radical (unpaired) electrons. The summed E-state index contributed by atoms with van der Waals surface area (Å²) in [7, 11) is 0. The maximum absolute atomic E-state index is 7.06. The Bertz CT molecular complexity index is 1200. The van der Waals surface area contributed by atoms with Gasteiger partial charge in [-0.25, -0.2) is 0 Å². The minimum atomic E-state index is -2.10. The smallest absolute Gasteiger partial charge is 1.00 e. The van der Waals surface area contributed by atoms with E-state index in [1.165, 1.54) is 35.1 Å². The molecule has 0 aliphatic heterocycles. The van der Waals surface area contributed by atoms with E-state index in [4.69, 9.17) is 11.6 Å². The van der Waals surface area contributed by atoms with Gasteiger partial charge in [0.1, 0.15) is 0 Å². The van der Waals surface area contributed by atoms with Gasteiger partial charge in [0.05, 0.1) is 0 Å². The zero-order chi connectivity index (χ0) is 23.2. The zero-order valence-corrected chi connectivity index (χ0v) is 27.0. The number of rotatable bonds is 5. The Morgan fingerprint density at radius 3 is 2.09 bits per heavy atom. The Morgan fingerprint density at radius 2 is 1.56 bits per heavy atom. The number of allylic oxidation sites excluding steroid dienone is 5. The maximum atomic E-state index is 7.06. The van der Waals surface area contributed by atoms with E-state index in [9.17, 15) is 0 Å². The van der Waals surface area contributed by atoms with E-state index in [2.05, 4.69) is 96.2 Å². The van der Waals surface area contributed by atoms with Crippen molar-refractivity contribution in [2.75, 3.05) is 0 Å². The molecule has 0 aromatic heterocycles. The van der Waals surface area contributed by atoms with Crippen molar-refractivity contribution in [2.45, 2.75) is 64.2 Å². The van der Waals surface area contributed by atoms with Gasteiger partial charge in [-0.1, -0.05) is 0 Å². The molecule has 2 aliphatic rings. The normalized spacial score (nSPS) is 18.9. The molecule has 0 nitrogen and oxygen atoms in total. The van der Waals surface area contributed by atoms with Crippen LogP contribution in [0.4, 0.5) is 0 Å². The van der Waals surface area contributed by atoms with Crippen LogP contribution in [0.5, 0.6) is 0 Å². The van der Waals surface area contributed by atoms with E-state index in [1.54, 1.807) is 22.3 Å². The van der Waals surface area contributed by atoms with Gasteiger partial charge in [-0.05, 0) is 0 Å². The molecule has 2 aromatic carbocycles. The second kappa shape index (κ2) is 12.2. The van der Waals surface area contributed by atoms with Crippen molar-refractivity contribution in [3.05, 3.63) is 95.8 Å². The fraction of sp³-hybridized carbons (Fsp3) is 0.379. The second-order valence-electron chi connectivity index (χ2n) is 9.63. The molecule has 34 heavy (non-hydrogen) atoms. The van der Waals surface area contributed by atoms with Crippen LogP contribution in [-0.4, -0.2) is 5.43 Å². The number of fused-ring (bicyclic) bond motifs is 1. The molecule has 0 saturated carbocycles. The van der Waals surface area contributed by atoms with Crippen molar-refractivity contribution in [1.82, 2.24) is 0 Å². The van der Waals surface area contributed by atoms with E-state index in [0.29, 0.717) is 9.54 Å². The molecule has 0 bridgehead atoms. The summed E-state index contributed by atoms with van der Waals surface area (Å²) in [6.07, 6.45) is 2.36. The van der Waals surface area contributed by atoms with Crippen molar-refractivity contribution in [3.63, 3.8) is 0 Å². The summed E-state index contributed by atoms with van der Waals surface area (Å²) < 4.78 is 2.45. The quantitative estimate of drug-likeness (QED) is 0.458. The summed E-state index contributed by atoms with van der Waals surface area (Å²) in [5.41, 5.74) is 11.7. The van der Waals surface area contributed by atoms with Crippen LogP contribution in [0.25, 0.3) is 5.57 Å². The molecular weight excluding hydrogens is 574 g/mol. The molecule has 0 amide bonds. The first-order valence-electron chi connectivity index (χ1n) is 11.9. The largest absolute Gasteiger partial charge is 1.00 e. The summed E-state index contributed by atoms with van der Waals surface area (Å²) in [4.78, 5) is 0.